The van der Waals surface area contributed by atoms with Gasteiger partial charge in [-0.15, -0.1) is 10.2 Å². The van der Waals surface area contributed by atoms with Crippen molar-refractivity contribution in [2.24, 2.45) is 5.10 Å². The summed E-state index contributed by atoms with van der Waals surface area (Å²) in [5.74, 6) is 1.06. The number of nitro groups is 1. The summed E-state index contributed by atoms with van der Waals surface area (Å²) in [6.07, 6.45) is 4.59. The maximum Gasteiger partial charge on any atom is 0.269 e. The fraction of sp³-hybridized carbons (Fsp3) is 0.118. The van der Waals surface area contributed by atoms with Crippen LogP contribution in [0.5, 0.6) is 11.5 Å². The van der Waals surface area contributed by atoms with E-state index in [-0.39, 0.29) is 12.3 Å². The molecule has 3 rings (SSSR count). The van der Waals surface area contributed by atoms with Gasteiger partial charge in [-0.3, -0.25) is 10.1 Å². The number of ether oxygens (including phenoxy) is 2. The molecular formula is C17H15N5O4. The summed E-state index contributed by atoms with van der Waals surface area (Å²) in [5, 5.41) is 22.3. The van der Waals surface area contributed by atoms with Gasteiger partial charge in [0.05, 0.1) is 18.2 Å². The molecular weight excluding hydrogens is 338 g/mol. The van der Waals surface area contributed by atoms with E-state index in [2.05, 4.69) is 15.3 Å². The van der Waals surface area contributed by atoms with Crippen LogP contribution < -0.4 is 9.47 Å². The molecule has 0 atom stereocenters. The van der Waals surface area contributed by atoms with Gasteiger partial charge in [0, 0.05) is 12.1 Å². The third-order valence-corrected chi connectivity index (χ3v) is 3.45. The molecule has 0 unspecified atom stereocenters. The fourth-order valence-corrected chi connectivity index (χ4v) is 2.19. The van der Waals surface area contributed by atoms with Crippen molar-refractivity contribution >= 4 is 11.9 Å². The van der Waals surface area contributed by atoms with Crippen molar-refractivity contribution in [1.29, 1.82) is 0 Å². The number of aromatic nitrogens is 3. The Morgan fingerprint density at radius 1 is 1.19 bits per heavy atom. The quantitative estimate of drug-likeness (QED) is 0.367. The molecule has 0 aliphatic heterocycles. The molecule has 0 N–H and O–H groups in total. The van der Waals surface area contributed by atoms with Crippen molar-refractivity contribution in [2.45, 2.75) is 6.61 Å². The number of benzene rings is 2. The van der Waals surface area contributed by atoms with E-state index in [1.165, 1.54) is 36.6 Å². The van der Waals surface area contributed by atoms with Gasteiger partial charge in [-0.25, -0.2) is 4.68 Å². The molecule has 0 radical (unpaired) electrons. The zero-order chi connectivity index (χ0) is 18.4. The van der Waals surface area contributed by atoms with Gasteiger partial charge in [0.1, 0.15) is 19.3 Å². The van der Waals surface area contributed by atoms with Gasteiger partial charge in [0.2, 0.25) is 0 Å². The second-order valence-electron chi connectivity index (χ2n) is 5.21. The van der Waals surface area contributed by atoms with Crippen LogP contribution in [-0.4, -0.2) is 33.1 Å². The number of hydrogen-bond acceptors (Lipinski definition) is 7. The summed E-state index contributed by atoms with van der Waals surface area (Å²) in [4.78, 5) is 10.4. The Morgan fingerprint density at radius 2 is 2.00 bits per heavy atom. The van der Waals surface area contributed by atoms with Crippen LogP contribution in [0.15, 0.2) is 60.2 Å². The maximum atomic E-state index is 10.8. The Morgan fingerprint density at radius 3 is 2.73 bits per heavy atom. The lowest BCUT2D eigenvalue weighted by Crippen LogP contribution is -1.99. The topological polar surface area (TPSA) is 105 Å². The highest BCUT2D eigenvalue weighted by Crippen LogP contribution is 2.28. The predicted molar refractivity (Wildman–Crippen MR) is 93.4 cm³/mol. The van der Waals surface area contributed by atoms with Crippen molar-refractivity contribution in [3.05, 3.63) is 76.4 Å². The summed E-state index contributed by atoms with van der Waals surface area (Å²) >= 11 is 0. The molecule has 0 saturated carbocycles. The maximum absolute atomic E-state index is 10.8. The van der Waals surface area contributed by atoms with Crippen LogP contribution in [-0.2, 0) is 6.61 Å². The van der Waals surface area contributed by atoms with E-state index in [0.717, 1.165) is 5.56 Å². The summed E-state index contributed by atoms with van der Waals surface area (Å²) in [6.45, 7) is 0.187. The normalized spacial score (nSPS) is 10.8. The minimum atomic E-state index is -0.437. The van der Waals surface area contributed by atoms with Crippen LogP contribution >= 0.6 is 0 Å². The van der Waals surface area contributed by atoms with Crippen LogP contribution in [0.25, 0.3) is 0 Å². The molecule has 0 saturated heterocycles. The molecule has 0 amide bonds. The van der Waals surface area contributed by atoms with Gasteiger partial charge >= 0.3 is 0 Å². The minimum absolute atomic E-state index is 0.0265. The minimum Gasteiger partial charge on any atom is -0.493 e. The molecule has 0 aliphatic carbocycles. The Bertz CT molecular complexity index is 925. The number of nitrogens with zero attached hydrogens (tertiary/aromatic N) is 5. The Kier molecular flexibility index (Phi) is 5.18. The number of non-ortho nitro benzene ring substituents is 1. The van der Waals surface area contributed by atoms with Crippen molar-refractivity contribution in [1.82, 2.24) is 14.9 Å². The first-order chi connectivity index (χ1) is 12.7. The van der Waals surface area contributed by atoms with E-state index >= 15 is 0 Å². The van der Waals surface area contributed by atoms with Crippen molar-refractivity contribution < 1.29 is 14.4 Å². The summed E-state index contributed by atoms with van der Waals surface area (Å²) in [7, 11) is 1.54. The van der Waals surface area contributed by atoms with E-state index < -0.39 is 4.92 Å². The van der Waals surface area contributed by atoms with E-state index in [4.69, 9.17) is 9.47 Å². The number of methoxy groups -OCH3 is 1. The van der Waals surface area contributed by atoms with Gasteiger partial charge in [-0.05, 0) is 29.3 Å². The zero-order valence-corrected chi connectivity index (χ0v) is 13.8. The second kappa shape index (κ2) is 7.88. The second-order valence-corrected chi connectivity index (χ2v) is 5.21. The van der Waals surface area contributed by atoms with Gasteiger partial charge < -0.3 is 9.47 Å². The fourth-order valence-electron chi connectivity index (χ4n) is 2.19. The molecule has 9 nitrogen and oxygen atoms in total. The molecule has 9 heteroatoms. The zero-order valence-electron chi connectivity index (χ0n) is 13.8. The summed E-state index contributed by atoms with van der Waals surface area (Å²) < 4.78 is 12.6. The van der Waals surface area contributed by atoms with Crippen LogP contribution in [0, 0.1) is 10.1 Å². The highest BCUT2D eigenvalue weighted by atomic mass is 16.6. The molecule has 0 bridgehead atoms. The lowest BCUT2D eigenvalue weighted by molar-refractivity contribution is -0.384. The first-order valence-electron chi connectivity index (χ1n) is 7.59. The summed E-state index contributed by atoms with van der Waals surface area (Å²) in [5.41, 5.74) is 1.52. The Balaban J connectivity index is 1.72. The average Bonchev–Trinajstić information content (AvgIpc) is 3.18. The molecule has 1 aromatic heterocycles. The largest absolute Gasteiger partial charge is 0.493 e. The smallest absolute Gasteiger partial charge is 0.269 e. The van der Waals surface area contributed by atoms with E-state index in [1.54, 1.807) is 30.5 Å². The van der Waals surface area contributed by atoms with Crippen molar-refractivity contribution in [2.75, 3.05) is 7.11 Å². The molecule has 0 fully saturated rings. The molecule has 1 heterocycles. The number of rotatable bonds is 7. The van der Waals surface area contributed by atoms with E-state index in [0.29, 0.717) is 17.1 Å². The first-order valence-corrected chi connectivity index (χ1v) is 7.59. The van der Waals surface area contributed by atoms with Crippen molar-refractivity contribution in [3.8, 4) is 11.5 Å². The highest BCUT2D eigenvalue weighted by Gasteiger charge is 2.08. The van der Waals surface area contributed by atoms with Crippen LogP contribution in [0.2, 0.25) is 0 Å². The predicted octanol–water partition coefficient (Wildman–Crippen LogP) is 2.66. The molecule has 0 spiro atoms. The first kappa shape index (κ1) is 17.1. The monoisotopic (exact) mass is 353 g/mol. The van der Waals surface area contributed by atoms with Crippen molar-refractivity contribution in [3.63, 3.8) is 0 Å². The van der Waals surface area contributed by atoms with Crippen LogP contribution in [0.1, 0.15) is 11.1 Å². The van der Waals surface area contributed by atoms with Gasteiger partial charge in [-0.1, -0.05) is 12.1 Å². The lowest BCUT2D eigenvalue weighted by atomic mass is 10.2. The molecule has 3 aromatic rings. The van der Waals surface area contributed by atoms with Gasteiger partial charge in [0.25, 0.3) is 5.69 Å². The number of nitro benzene ring substituents is 1. The molecule has 2 aromatic carbocycles. The SMILES string of the molecule is COc1cc(/C=N/n2cnnc2)ccc1OCc1cccc([N+](=O)[O-])c1. The van der Waals surface area contributed by atoms with Crippen LogP contribution in [0.4, 0.5) is 5.69 Å². The highest BCUT2D eigenvalue weighted by molar-refractivity contribution is 5.80. The Labute approximate surface area is 148 Å². The van der Waals surface area contributed by atoms with Gasteiger partial charge in [0.15, 0.2) is 11.5 Å². The molecule has 26 heavy (non-hydrogen) atoms. The Hall–Kier alpha value is -3.75. The third-order valence-electron chi connectivity index (χ3n) is 3.45. The summed E-state index contributed by atoms with van der Waals surface area (Å²) in [6, 6.07) is 11.7. The standard InChI is InChI=1S/C17H15N5O4/c1-25-17-8-13(9-20-21-11-18-19-12-21)5-6-16(17)26-10-14-3-2-4-15(7-14)22(23)24/h2-9,11-12H,10H2,1H3/b20-9+. The molecule has 0 aliphatic rings. The third kappa shape index (κ3) is 4.20. The number of hydrogen-bond donors (Lipinski definition) is 0. The lowest BCUT2D eigenvalue weighted by Gasteiger charge is -2.11. The average molecular weight is 353 g/mol. The van der Waals surface area contributed by atoms with Gasteiger partial charge in [-0.2, -0.15) is 5.10 Å². The van der Waals surface area contributed by atoms with E-state index in [9.17, 15) is 10.1 Å². The van der Waals surface area contributed by atoms with Crippen LogP contribution in [0.3, 0.4) is 0 Å². The van der Waals surface area contributed by atoms with E-state index in [1.807, 2.05) is 6.07 Å². The molecule has 132 valence electrons.